The molecular formula is C25H22N4O5S2. The van der Waals surface area contributed by atoms with Gasteiger partial charge in [0.2, 0.25) is 0 Å². The number of methoxy groups -OCH3 is 2. The third-order valence-electron chi connectivity index (χ3n) is 5.01. The van der Waals surface area contributed by atoms with Crippen LogP contribution in [0.15, 0.2) is 83.5 Å². The van der Waals surface area contributed by atoms with Crippen molar-refractivity contribution >= 4 is 49.7 Å². The zero-order valence-corrected chi connectivity index (χ0v) is 21.0. The molecule has 9 nitrogen and oxygen atoms in total. The molecule has 4 rings (SSSR count). The van der Waals surface area contributed by atoms with E-state index >= 15 is 0 Å². The van der Waals surface area contributed by atoms with Crippen LogP contribution in [-0.2, 0) is 14.8 Å². The number of benzene rings is 2. The van der Waals surface area contributed by atoms with Gasteiger partial charge in [-0.25, -0.2) is 13.4 Å². The number of pyridine rings is 1. The molecule has 4 aromatic rings. The zero-order valence-electron chi connectivity index (χ0n) is 19.3. The Labute approximate surface area is 212 Å². The number of aromatic nitrogens is 2. The second kappa shape index (κ2) is 11.0. The maximum Gasteiger partial charge on any atom is 0.263 e. The highest BCUT2D eigenvalue weighted by Gasteiger charge is 2.17. The summed E-state index contributed by atoms with van der Waals surface area (Å²) in [4.78, 5) is 21.4. The Hall–Kier alpha value is -4.22. The van der Waals surface area contributed by atoms with Crippen molar-refractivity contribution in [3.05, 3.63) is 89.7 Å². The molecule has 0 unspecified atom stereocenters. The Bertz CT molecular complexity index is 1470. The van der Waals surface area contributed by atoms with Gasteiger partial charge in [0.05, 0.1) is 19.1 Å². The monoisotopic (exact) mass is 522 g/mol. The van der Waals surface area contributed by atoms with Crippen molar-refractivity contribution in [2.45, 2.75) is 4.90 Å². The number of hydrogen-bond donors (Lipinski definition) is 2. The van der Waals surface area contributed by atoms with Gasteiger partial charge in [-0.1, -0.05) is 12.1 Å². The first kappa shape index (κ1) is 24.9. The average molecular weight is 523 g/mol. The molecule has 184 valence electrons. The zero-order chi connectivity index (χ0) is 25.5. The number of anilines is 2. The number of carbonyl (C=O) groups excluding carboxylic acids is 1. The molecule has 0 saturated carbocycles. The largest absolute Gasteiger partial charge is 0.493 e. The van der Waals surface area contributed by atoms with Crippen molar-refractivity contribution < 1.29 is 22.7 Å². The normalized spacial score (nSPS) is 11.6. The number of ether oxygens (including phenoxy) is 2. The van der Waals surface area contributed by atoms with E-state index in [1.165, 1.54) is 48.9 Å². The average Bonchev–Trinajstić information content (AvgIpc) is 3.40. The summed E-state index contributed by atoms with van der Waals surface area (Å²) in [6.07, 6.45) is 6.43. The molecule has 11 heteroatoms. The van der Waals surface area contributed by atoms with E-state index in [0.29, 0.717) is 28.3 Å². The van der Waals surface area contributed by atoms with Gasteiger partial charge in [0.25, 0.3) is 15.9 Å². The molecule has 1 amide bonds. The molecule has 0 fully saturated rings. The van der Waals surface area contributed by atoms with Crippen LogP contribution >= 0.6 is 11.3 Å². The maximum absolute atomic E-state index is 13.3. The summed E-state index contributed by atoms with van der Waals surface area (Å²) < 4.78 is 38.2. The van der Waals surface area contributed by atoms with E-state index in [-0.39, 0.29) is 10.0 Å². The fourth-order valence-corrected chi connectivity index (χ4v) is 5.06. The van der Waals surface area contributed by atoms with Crippen LogP contribution in [0.4, 0.5) is 10.8 Å². The van der Waals surface area contributed by atoms with E-state index in [4.69, 9.17) is 9.47 Å². The summed E-state index contributed by atoms with van der Waals surface area (Å²) in [5.41, 5.74) is 2.11. The molecule has 0 saturated heterocycles. The third kappa shape index (κ3) is 5.88. The summed E-state index contributed by atoms with van der Waals surface area (Å²) in [7, 11) is -0.710. The molecule has 0 radical (unpaired) electrons. The van der Waals surface area contributed by atoms with Crippen molar-refractivity contribution in [2.24, 2.45) is 0 Å². The number of nitrogens with zero attached hydrogens (tertiary/aromatic N) is 2. The van der Waals surface area contributed by atoms with Crippen molar-refractivity contribution in [3.8, 4) is 11.5 Å². The molecule has 0 aliphatic carbocycles. The Morgan fingerprint density at radius 3 is 2.42 bits per heavy atom. The first-order valence-corrected chi connectivity index (χ1v) is 12.9. The number of rotatable bonds is 9. The van der Waals surface area contributed by atoms with Gasteiger partial charge >= 0.3 is 0 Å². The summed E-state index contributed by atoms with van der Waals surface area (Å²) in [6, 6.07) is 14.7. The van der Waals surface area contributed by atoms with Crippen molar-refractivity contribution in [1.29, 1.82) is 0 Å². The molecule has 2 aromatic carbocycles. The lowest BCUT2D eigenvalue weighted by Crippen LogP contribution is -2.15. The number of nitrogens with one attached hydrogen (secondary N) is 2. The van der Waals surface area contributed by atoms with E-state index in [1.54, 1.807) is 61.3 Å². The SMILES string of the molecule is COc1ccc(C=C(C(=O)Nc2ccc(S(=O)(=O)Nc3nccs3)cc2)c2cccnc2)cc1OC. The minimum absolute atomic E-state index is 0.0454. The highest BCUT2D eigenvalue weighted by molar-refractivity contribution is 7.93. The highest BCUT2D eigenvalue weighted by Crippen LogP contribution is 2.30. The molecule has 36 heavy (non-hydrogen) atoms. The second-order valence-electron chi connectivity index (χ2n) is 7.34. The van der Waals surface area contributed by atoms with Crippen molar-refractivity contribution in [3.63, 3.8) is 0 Å². The fourth-order valence-electron chi connectivity index (χ4n) is 3.27. The number of hydrogen-bond acceptors (Lipinski definition) is 8. The summed E-state index contributed by atoms with van der Waals surface area (Å²) >= 11 is 1.18. The van der Waals surface area contributed by atoms with Crippen LogP contribution in [0, 0.1) is 0 Å². The lowest BCUT2D eigenvalue weighted by molar-refractivity contribution is -0.111. The number of sulfonamides is 1. The van der Waals surface area contributed by atoms with Gasteiger partial charge in [0.1, 0.15) is 0 Å². The summed E-state index contributed by atoms with van der Waals surface area (Å²) in [5, 5.41) is 4.76. The van der Waals surface area contributed by atoms with Gasteiger partial charge < -0.3 is 14.8 Å². The van der Waals surface area contributed by atoms with Gasteiger partial charge in [0.15, 0.2) is 16.6 Å². The van der Waals surface area contributed by atoms with E-state index < -0.39 is 15.9 Å². The molecule has 0 spiro atoms. The minimum Gasteiger partial charge on any atom is -0.493 e. The standard InChI is InChI=1S/C25H22N4O5S2/c1-33-22-10-5-17(15-23(22)34-2)14-21(18-4-3-11-26-16-18)24(30)28-19-6-8-20(9-7-19)36(31,32)29-25-27-12-13-35-25/h3-16H,1-2H3,(H,27,29)(H,28,30). The Morgan fingerprint density at radius 2 is 1.78 bits per heavy atom. The van der Waals surface area contributed by atoms with Crippen LogP contribution in [0.1, 0.15) is 11.1 Å². The van der Waals surface area contributed by atoms with Gasteiger partial charge in [-0.3, -0.25) is 14.5 Å². The van der Waals surface area contributed by atoms with E-state index in [2.05, 4.69) is 20.0 Å². The van der Waals surface area contributed by atoms with E-state index in [9.17, 15) is 13.2 Å². The van der Waals surface area contributed by atoms with E-state index in [1.807, 2.05) is 0 Å². The van der Waals surface area contributed by atoms with Crippen LogP contribution in [0.3, 0.4) is 0 Å². The van der Waals surface area contributed by atoms with Crippen LogP contribution in [-0.4, -0.2) is 38.5 Å². The van der Waals surface area contributed by atoms with Crippen LogP contribution < -0.4 is 19.5 Å². The Kier molecular flexibility index (Phi) is 7.62. The number of thiazole rings is 1. The number of amides is 1. The molecule has 0 bridgehead atoms. The lowest BCUT2D eigenvalue weighted by Gasteiger charge is -2.12. The molecule has 0 aliphatic heterocycles. The van der Waals surface area contributed by atoms with Crippen molar-refractivity contribution in [1.82, 2.24) is 9.97 Å². The van der Waals surface area contributed by atoms with Crippen molar-refractivity contribution in [2.75, 3.05) is 24.3 Å². The van der Waals surface area contributed by atoms with Gasteiger partial charge in [0, 0.05) is 40.8 Å². The molecule has 2 heterocycles. The fraction of sp³-hybridized carbons (Fsp3) is 0.0800. The second-order valence-corrected chi connectivity index (χ2v) is 9.91. The topological polar surface area (TPSA) is 120 Å². The van der Waals surface area contributed by atoms with Crippen LogP contribution in [0.5, 0.6) is 11.5 Å². The lowest BCUT2D eigenvalue weighted by atomic mass is 10.0. The molecule has 2 aromatic heterocycles. The first-order chi connectivity index (χ1) is 17.4. The first-order valence-electron chi connectivity index (χ1n) is 10.6. The molecule has 0 atom stereocenters. The van der Waals surface area contributed by atoms with E-state index in [0.717, 1.165) is 5.56 Å². The smallest absolute Gasteiger partial charge is 0.263 e. The molecular weight excluding hydrogens is 500 g/mol. The highest BCUT2D eigenvalue weighted by atomic mass is 32.2. The maximum atomic E-state index is 13.3. The predicted octanol–water partition coefficient (Wildman–Crippen LogP) is 4.54. The van der Waals surface area contributed by atoms with Gasteiger partial charge in [-0.2, -0.15) is 0 Å². The van der Waals surface area contributed by atoms with Gasteiger partial charge in [-0.15, -0.1) is 11.3 Å². The predicted molar refractivity (Wildman–Crippen MR) is 140 cm³/mol. The third-order valence-corrected chi connectivity index (χ3v) is 7.18. The summed E-state index contributed by atoms with van der Waals surface area (Å²) in [5.74, 6) is 0.705. The molecule has 0 aliphatic rings. The summed E-state index contributed by atoms with van der Waals surface area (Å²) in [6.45, 7) is 0. The van der Waals surface area contributed by atoms with Crippen LogP contribution in [0.25, 0.3) is 11.6 Å². The Morgan fingerprint density at radius 1 is 1.00 bits per heavy atom. The number of carbonyl (C=O) groups is 1. The van der Waals surface area contributed by atoms with Gasteiger partial charge in [-0.05, 0) is 54.1 Å². The minimum atomic E-state index is -3.80. The molecule has 2 N–H and O–H groups in total. The van der Waals surface area contributed by atoms with Crippen LogP contribution in [0.2, 0.25) is 0 Å². The quantitative estimate of drug-likeness (QED) is 0.310. The Balaban J connectivity index is 1.59.